The molecule has 0 saturated carbocycles. The van der Waals surface area contributed by atoms with Gasteiger partial charge in [0.1, 0.15) is 35.4 Å². The number of rotatable bonds is 12. The molecule has 16 heteroatoms. The molecule has 0 aliphatic heterocycles. The Morgan fingerprint density at radius 1 is 0.868 bits per heavy atom. The monoisotopic (exact) mass is 759 g/mol. The molecule has 2 aromatic heterocycles. The molecule has 0 aliphatic rings. The number of sulfonamides is 1. The van der Waals surface area contributed by atoms with Gasteiger partial charge in [0.25, 0.3) is 10.0 Å². The van der Waals surface area contributed by atoms with Crippen molar-refractivity contribution in [1.82, 2.24) is 14.3 Å². The summed E-state index contributed by atoms with van der Waals surface area (Å²) in [5, 5.41) is 20.0. The first kappa shape index (κ1) is 36.8. The minimum absolute atomic E-state index is 0.00949. The van der Waals surface area contributed by atoms with Crippen LogP contribution in [-0.4, -0.2) is 42.1 Å². The van der Waals surface area contributed by atoms with Crippen LogP contribution in [0, 0.1) is 11.3 Å². The van der Waals surface area contributed by atoms with Crippen LogP contribution in [0.2, 0.25) is 0 Å². The fourth-order valence-electron chi connectivity index (χ4n) is 5.39. The van der Waals surface area contributed by atoms with E-state index in [9.17, 15) is 32.0 Å². The van der Waals surface area contributed by atoms with E-state index in [2.05, 4.69) is 14.3 Å². The standard InChI is InChI=1S/C37H28F3N5O6S2/c1-49-30-8-6-26(35(18-30)50-2)20-45(36-43-22-44-52-36)53(47,48)31-9-11-33(27(16-31)19-41)51-34-10-7-24(23-4-3-5-28(14-23)37(38,39)40)17-32(34)25-12-13-42-29(15-25)21-46/h3-18,22,46H,20-21H2,1-2H3. The van der Waals surface area contributed by atoms with Crippen LogP contribution in [0.5, 0.6) is 23.0 Å². The predicted molar refractivity (Wildman–Crippen MR) is 190 cm³/mol. The summed E-state index contributed by atoms with van der Waals surface area (Å²) in [6.45, 7) is -0.556. The lowest BCUT2D eigenvalue weighted by Gasteiger charge is -2.23. The minimum Gasteiger partial charge on any atom is -0.497 e. The van der Waals surface area contributed by atoms with Crippen LogP contribution in [0.1, 0.15) is 22.4 Å². The Morgan fingerprint density at radius 2 is 1.66 bits per heavy atom. The molecule has 2 heterocycles. The summed E-state index contributed by atoms with van der Waals surface area (Å²) < 4.78 is 91.0. The maximum absolute atomic E-state index is 14.2. The van der Waals surface area contributed by atoms with Gasteiger partial charge < -0.3 is 19.3 Å². The molecule has 0 atom stereocenters. The number of aliphatic hydroxyl groups is 1. The maximum Gasteiger partial charge on any atom is 0.416 e. The van der Waals surface area contributed by atoms with Gasteiger partial charge in [-0.05, 0) is 83.4 Å². The van der Waals surface area contributed by atoms with Crippen molar-refractivity contribution in [3.8, 4) is 51.3 Å². The highest BCUT2D eigenvalue weighted by Gasteiger charge is 2.31. The van der Waals surface area contributed by atoms with Gasteiger partial charge in [0, 0.05) is 34.9 Å². The highest BCUT2D eigenvalue weighted by atomic mass is 32.2. The first-order valence-corrected chi connectivity index (χ1v) is 17.8. The molecule has 0 bridgehead atoms. The van der Waals surface area contributed by atoms with Gasteiger partial charge in [-0.15, -0.1) is 0 Å². The molecule has 0 aliphatic carbocycles. The van der Waals surface area contributed by atoms with E-state index in [0.29, 0.717) is 45.0 Å². The second kappa shape index (κ2) is 15.3. The number of aliphatic hydroxyl groups excluding tert-OH is 1. The van der Waals surface area contributed by atoms with Crippen molar-refractivity contribution < 1.29 is 40.9 Å². The third-order valence-electron chi connectivity index (χ3n) is 8.04. The Morgan fingerprint density at radius 3 is 2.36 bits per heavy atom. The molecular formula is C37H28F3N5O6S2. The zero-order valence-electron chi connectivity index (χ0n) is 27.9. The number of nitrogens with zero attached hydrogens (tertiary/aromatic N) is 5. The smallest absolute Gasteiger partial charge is 0.416 e. The van der Waals surface area contributed by atoms with E-state index < -0.39 is 21.8 Å². The molecular weight excluding hydrogens is 732 g/mol. The lowest BCUT2D eigenvalue weighted by molar-refractivity contribution is -0.137. The van der Waals surface area contributed by atoms with Crippen LogP contribution in [0.15, 0.2) is 108 Å². The summed E-state index contributed by atoms with van der Waals surface area (Å²) in [5.41, 5.74) is 1.57. The molecule has 270 valence electrons. The SMILES string of the molecule is COc1ccc(CN(c2ncns2)S(=O)(=O)c2ccc(Oc3ccc(-c4cccc(C(F)(F)F)c4)cc3-c3ccnc(CO)c3)c(C#N)c2)c(OC)c1. The molecule has 0 unspecified atom stereocenters. The number of ether oxygens (including phenoxy) is 3. The van der Waals surface area contributed by atoms with Crippen molar-refractivity contribution >= 4 is 26.7 Å². The Balaban J connectivity index is 1.39. The Kier molecular flexibility index (Phi) is 10.6. The second-order valence-corrected chi connectivity index (χ2v) is 13.9. The fourth-order valence-corrected chi connectivity index (χ4v) is 7.55. The lowest BCUT2D eigenvalue weighted by atomic mass is 9.97. The van der Waals surface area contributed by atoms with E-state index in [1.807, 2.05) is 6.07 Å². The number of methoxy groups -OCH3 is 2. The van der Waals surface area contributed by atoms with Crippen molar-refractivity contribution in [3.63, 3.8) is 0 Å². The van der Waals surface area contributed by atoms with Crippen LogP contribution < -0.4 is 18.5 Å². The first-order chi connectivity index (χ1) is 25.4. The van der Waals surface area contributed by atoms with E-state index in [1.54, 1.807) is 48.5 Å². The number of hydrogen-bond donors (Lipinski definition) is 1. The number of nitriles is 1. The van der Waals surface area contributed by atoms with Crippen molar-refractivity contribution in [1.29, 1.82) is 5.26 Å². The number of anilines is 1. The summed E-state index contributed by atoms with van der Waals surface area (Å²) in [6.07, 6.45) is -1.85. The molecule has 0 amide bonds. The normalized spacial score (nSPS) is 11.5. The third kappa shape index (κ3) is 7.92. The molecule has 0 radical (unpaired) electrons. The molecule has 0 fully saturated rings. The molecule has 11 nitrogen and oxygen atoms in total. The third-order valence-corrected chi connectivity index (χ3v) is 10.6. The second-order valence-electron chi connectivity index (χ2n) is 11.3. The number of pyridine rings is 1. The van der Waals surface area contributed by atoms with Crippen molar-refractivity contribution in [2.45, 2.75) is 24.2 Å². The van der Waals surface area contributed by atoms with Gasteiger partial charge >= 0.3 is 6.18 Å². The molecule has 6 aromatic rings. The molecule has 4 aromatic carbocycles. The van der Waals surface area contributed by atoms with Gasteiger partial charge in [-0.3, -0.25) is 4.98 Å². The van der Waals surface area contributed by atoms with Crippen LogP contribution >= 0.6 is 11.5 Å². The van der Waals surface area contributed by atoms with Gasteiger partial charge in [-0.1, -0.05) is 18.2 Å². The van der Waals surface area contributed by atoms with Gasteiger partial charge in [0.15, 0.2) is 0 Å². The molecule has 1 N–H and O–H groups in total. The highest BCUT2D eigenvalue weighted by molar-refractivity contribution is 7.93. The first-order valence-electron chi connectivity index (χ1n) is 15.6. The van der Waals surface area contributed by atoms with E-state index >= 15 is 0 Å². The average molecular weight is 760 g/mol. The number of benzene rings is 4. The predicted octanol–water partition coefficient (Wildman–Crippen LogP) is 7.85. The van der Waals surface area contributed by atoms with E-state index in [0.717, 1.165) is 28.0 Å². The Hall–Kier alpha value is -6.02. The number of hydrogen-bond acceptors (Lipinski definition) is 11. The Labute approximate surface area is 306 Å². The number of aromatic nitrogens is 3. The zero-order valence-corrected chi connectivity index (χ0v) is 29.5. The van der Waals surface area contributed by atoms with Crippen molar-refractivity contribution in [3.05, 3.63) is 126 Å². The fraction of sp³-hybridized carbons (Fsp3) is 0.135. The van der Waals surface area contributed by atoms with E-state index in [1.165, 1.54) is 57.1 Å². The van der Waals surface area contributed by atoms with E-state index in [4.69, 9.17) is 14.2 Å². The van der Waals surface area contributed by atoms with Gasteiger partial charge in [0.2, 0.25) is 5.13 Å². The lowest BCUT2D eigenvalue weighted by Crippen LogP contribution is -2.30. The summed E-state index contributed by atoms with van der Waals surface area (Å²) in [4.78, 5) is 8.01. The number of halogens is 3. The van der Waals surface area contributed by atoms with Crippen molar-refractivity contribution in [2.75, 3.05) is 18.5 Å². The van der Waals surface area contributed by atoms with Crippen LogP contribution in [0.25, 0.3) is 22.3 Å². The maximum atomic E-state index is 14.2. The van der Waals surface area contributed by atoms with Gasteiger partial charge in [-0.25, -0.2) is 17.7 Å². The molecule has 0 saturated heterocycles. The van der Waals surface area contributed by atoms with Crippen LogP contribution in [0.4, 0.5) is 18.3 Å². The van der Waals surface area contributed by atoms with E-state index in [-0.39, 0.29) is 40.2 Å². The van der Waals surface area contributed by atoms with Crippen molar-refractivity contribution in [2.24, 2.45) is 0 Å². The summed E-state index contributed by atoms with van der Waals surface area (Å²) in [7, 11) is -1.41. The quantitative estimate of drug-likeness (QED) is 0.131. The summed E-state index contributed by atoms with van der Waals surface area (Å²) in [5.74, 6) is 1.10. The topological polar surface area (TPSA) is 148 Å². The van der Waals surface area contributed by atoms with Crippen LogP contribution in [-0.2, 0) is 29.4 Å². The minimum atomic E-state index is -4.55. The molecule has 6 rings (SSSR count). The highest BCUT2D eigenvalue weighted by Crippen LogP contribution is 2.40. The van der Waals surface area contributed by atoms with Gasteiger partial charge in [-0.2, -0.15) is 22.8 Å². The summed E-state index contributed by atoms with van der Waals surface area (Å²) in [6, 6.07) is 23.6. The molecule has 53 heavy (non-hydrogen) atoms. The largest absolute Gasteiger partial charge is 0.497 e. The Bertz CT molecular complexity index is 2420. The molecule has 0 spiro atoms. The van der Waals surface area contributed by atoms with Gasteiger partial charge in [0.05, 0.1) is 49.1 Å². The summed E-state index contributed by atoms with van der Waals surface area (Å²) >= 11 is 0.866. The van der Waals surface area contributed by atoms with Crippen LogP contribution in [0.3, 0.4) is 0 Å². The zero-order chi connectivity index (χ0) is 37.8. The average Bonchev–Trinajstić information content (AvgIpc) is 3.71. The number of alkyl halides is 3.